The van der Waals surface area contributed by atoms with Gasteiger partial charge in [-0.3, -0.25) is 0 Å². The first-order valence-electron chi connectivity index (χ1n) is 4.62. The first-order chi connectivity index (χ1) is 5.81. The van der Waals surface area contributed by atoms with E-state index in [1.807, 2.05) is 13.8 Å². The SMILES string of the molecule is C[C-](C)CNC(=O)NCC(C)(C)C.[CH3-].[Y]. The van der Waals surface area contributed by atoms with Gasteiger partial charge in [-0.2, -0.15) is 13.8 Å². The summed E-state index contributed by atoms with van der Waals surface area (Å²) in [5.41, 5.74) is 0.141. The van der Waals surface area contributed by atoms with Gasteiger partial charge in [-0.25, -0.2) is 4.79 Å². The molecule has 0 unspecified atom stereocenters. The third-order valence-electron chi connectivity index (χ3n) is 1.38. The average Bonchev–Trinajstić information content (AvgIpc) is 1.95. The maximum atomic E-state index is 11.2. The number of carbonyl (C=O) groups excluding carboxylic acids is 1. The summed E-state index contributed by atoms with van der Waals surface area (Å²) in [4.78, 5) is 11.2. The largest absolute Gasteiger partial charge is 0.368 e. The Morgan fingerprint density at radius 1 is 1.20 bits per heavy atom. The summed E-state index contributed by atoms with van der Waals surface area (Å²) in [6, 6.07) is -0.0869. The van der Waals surface area contributed by atoms with E-state index in [0.29, 0.717) is 13.1 Å². The van der Waals surface area contributed by atoms with E-state index in [0.717, 1.165) is 0 Å². The molecular weight excluding hydrogens is 265 g/mol. The molecule has 0 aliphatic rings. The van der Waals surface area contributed by atoms with E-state index in [4.69, 9.17) is 0 Å². The minimum atomic E-state index is -0.0869. The Balaban J connectivity index is -0.000000720. The van der Waals surface area contributed by atoms with Crippen molar-refractivity contribution in [1.29, 1.82) is 0 Å². The Hall–Kier alpha value is 0.374. The number of carbonyl (C=O) groups is 1. The van der Waals surface area contributed by atoms with Gasteiger partial charge >= 0.3 is 6.03 Å². The van der Waals surface area contributed by atoms with Crippen LogP contribution in [0, 0.1) is 18.8 Å². The van der Waals surface area contributed by atoms with E-state index >= 15 is 0 Å². The zero-order valence-electron chi connectivity index (χ0n) is 10.9. The van der Waals surface area contributed by atoms with Gasteiger partial charge in [0, 0.05) is 39.3 Å². The summed E-state index contributed by atoms with van der Waals surface area (Å²) < 4.78 is 0. The molecule has 0 atom stereocenters. The van der Waals surface area contributed by atoms with Crippen molar-refractivity contribution >= 4 is 6.03 Å². The molecule has 0 spiro atoms. The van der Waals surface area contributed by atoms with Crippen LogP contribution in [0.1, 0.15) is 34.6 Å². The second kappa shape index (κ2) is 9.59. The van der Waals surface area contributed by atoms with Gasteiger partial charge in [0.15, 0.2) is 0 Å². The summed E-state index contributed by atoms with van der Waals surface area (Å²) in [5.74, 6) is 1.20. The zero-order valence-corrected chi connectivity index (χ0v) is 13.7. The minimum Gasteiger partial charge on any atom is -0.368 e. The minimum absolute atomic E-state index is 0. The summed E-state index contributed by atoms with van der Waals surface area (Å²) in [6.45, 7) is 11.6. The van der Waals surface area contributed by atoms with Crippen molar-refractivity contribution in [3.63, 3.8) is 0 Å². The molecule has 4 heteroatoms. The van der Waals surface area contributed by atoms with E-state index in [1.165, 1.54) is 5.92 Å². The molecule has 0 aromatic heterocycles. The van der Waals surface area contributed by atoms with Gasteiger partial charge in [0.2, 0.25) is 0 Å². The molecule has 0 fully saturated rings. The fraction of sp³-hybridized carbons (Fsp3) is 0.727. The van der Waals surface area contributed by atoms with Crippen molar-refractivity contribution in [3.8, 4) is 0 Å². The first kappa shape index (κ1) is 20.7. The number of hydrogen-bond donors (Lipinski definition) is 2. The standard InChI is InChI=1S/C10H21N2O.CH3.Y/c1-8(2)6-11-9(13)12-7-10(3,4)5;;/h6-7H2,1-5H3,(H2,11,12,13);1H3;/q2*-1;. The molecule has 0 aromatic rings. The van der Waals surface area contributed by atoms with E-state index < -0.39 is 0 Å². The van der Waals surface area contributed by atoms with Crippen LogP contribution in [0.3, 0.4) is 0 Å². The van der Waals surface area contributed by atoms with Gasteiger partial charge < -0.3 is 24.0 Å². The molecule has 0 aliphatic carbocycles. The van der Waals surface area contributed by atoms with E-state index in [2.05, 4.69) is 31.4 Å². The number of rotatable bonds is 3. The molecule has 3 nitrogen and oxygen atoms in total. The topological polar surface area (TPSA) is 41.1 Å². The second-order valence-corrected chi connectivity index (χ2v) is 4.80. The third kappa shape index (κ3) is 17.0. The van der Waals surface area contributed by atoms with Crippen LogP contribution in [-0.2, 0) is 32.7 Å². The molecule has 1 radical (unpaired) electrons. The van der Waals surface area contributed by atoms with Crippen molar-refractivity contribution in [1.82, 2.24) is 10.6 Å². The molecule has 0 aromatic carbocycles. The second-order valence-electron chi connectivity index (χ2n) is 4.80. The normalized spacial score (nSPS) is 10.0. The molecule has 0 aliphatic heterocycles. The molecule has 0 saturated heterocycles. The Morgan fingerprint density at radius 3 is 2.00 bits per heavy atom. The van der Waals surface area contributed by atoms with Crippen LogP contribution >= 0.6 is 0 Å². The van der Waals surface area contributed by atoms with Crippen LogP contribution in [0.5, 0.6) is 0 Å². The molecule has 0 heterocycles. The van der Waals surface area contributed by atoms with Gasteiger partial charge in [-0.1, -0.05) is 20.8 Å². The van der Waals surface area contributed by atoms with E-state index in [-0.39, 0.29) is 51.6 Å². The summed E-state index contributed by atoms with van der Waals surface area (Å²) >= 11 is 0. The maximum absolute atomic E-state index is 11.2. The molecular formula is C11H24N2OY-2. The Bertz CT molecular complexity index is 164. The first-order valence-corrected chi connectivity index (χ1v) is 4.62. The molecule has 89 valence electrons. The van der Waals surface area contributed by atoms with Crippen LogP contribution in [0.15, 0.2) is 0 Å². The quantitative estimate of drug-likeness (QED) is 0.770. The third-order valence-corrected chi connectivity index (χ3v) is 1.38. The number of amides is 2. The van der Waals surface area contributed by atoms with Crippen LogP contribution in [0.25, 0.3) is 0 Å². The molecule has 0 bridgehead atoms. The summed E-state index contributed by atoms with van der Waals surface area (Å²) in [6.07, 6.45) is 0. The molecule has 2 N–H and O–H groups in total. The monoisotopic (exact) mass is 289 g/mol. The van der Waals surface area contributed by atoms with Crippen LogP contribution < -0.4 is 10.6 Å². The predicted molar refractivity (Wildman–Crippen MR) is 61.9 cm³/mol. The summed E-state index contributed by atoms with van der Waals surface area (Å²) in [5, 5.41) is 5.58. The van der Waals surface area contributed by atoms with E-state index in [9.17, 15) is 4.79 Å². The number of urea groups is 1. The van der Waals surface area contributed by atoms with Crippen molar-refractivity contribution in [2.45, 2.75) is 34.6 Å². The van der Waals surface area contributed by atoms with Gasteiger partial charge in [-0.15, -0.1) is 6.54 Å². The van der Waals surface area contributed by atoms with Gasteiger partial charge in [0.05, 0.1) is 0 Å². The van der Waals surface area contributed by atoms with Crippen LogP contribution in [0.2, 0.25) is 0 Å². The van der Waals surface area contributed by atoms with Gasteiger partial charge in [0.1, 0.15) is 0 Å². The zero-order chi connectivity index (χ0) is 10.5. The predicted octanol–water partition coefficient (Wildman–Crippen LogP) is 2.39. The smallest absolute Gasteiger partial charge is 0.312 e. The summed E-state index contributed by atoms with van der Waals surface area (Å²) in [7, 11) is 0. The van der Waals surface area contributed by atoms with Crippen molar-refractivity contribution in [2.75, 3.05) is 13.1 Å². The average molecular weight is 289 g/mol. The molecule has 0 saturated carbocycles. The van der Waals surface area contributed by atoms with Crippen LogP contribution in [-0.4, -0.2) is 19.1 Å². The maximum Gasteiger partial charge on any atom is 0.312 e. The number of hydrogen-bond acceptors (Lipinski definition) is 1. The molecule has 0 rings (SSSR count). The van der Waals surface area contributed by atoms with Gasteiger partial charge in [0.25, 0.3) is 0 Å². The molecule has 15 heavy (non-hydrogen) atoms. The fourth-order valence-corrected chi connectivity index (χ4v) is 0.665. The van der Waals surface area contributed by atoms with Crippen molar-refractivity contribution in [3.05, 3.63) is 13.3 Å². The Kier molecular flexibility index (Phi) is 13.3. The molecule has 2 amide bonds. The number of nitrogens with one attached hydrogen (secondary N) is 2. The van der Waals surface area contributed by atoms with Crippen LogP contribution in [0.4, 0.5) is 4.79 Å². The van der Waals surface area contributed by atoms with Crippen molar-refractivity contribution < 1.29 is 37.5 Å². The van der Waals surface area contributed by atoms with Gasteiger partial charge in [-0.05, 0) is 5.41 Å². The van der Waals surface area contributed by atoms with Crippen molar-refractivity contribution in [2.24, 2.45) is 5.41 Å². The Morgan fingerprint density at radius 2 is 1.67 bits per heavy atom. The van der Waals surface area contributed by atoms with E-state index in [1.54, 1.807) is 0 Å². The Labute approximate surface area is 120 Å². The fourth-order valence-electron chi connectivity index (χ4n) is 0.665.